The van der Waals surface area contributed by atoms with E-state index in [1.54, 1.807) is 24.3 Å². The van der Waals surface area contributed by atoms with Crippen LogP contribution in [0.25, 0.3) is 6.08 Å². The lowest BCUT2D eigenvalue weighted by atomic mass is 10.1. The molecule has 5 nitrogen and oxygen atoms in total. The minimum Gasteiger partial charge on any atom is -0.488 e. The first kappa shape index (κ1) is 18.2. The van der Waals surface area contributed by atoms with Crippen LogP contribution >= 0.6 is 23.4 Å². The van der Waals surface area contributed by atoms with Crippen molar-refractivity contribution in [3.63, 3.8) is 0 Å². The largest absolute Gasteiger partial charge is 0.488 e. The van der Waals surface area contributed by atoms with Crippen molar-refractivity contribution < 1.29 is 14.3 Å². The Morgan fingerprint density at radius 1 is 1.27 bits per heavy atom. The molecule has 0 aromatic heterocycles. The van der Waals surface area contributed by atoms with Gasteiger partial charge in [0, 0.05) is 17.5 Å². The fraction of sp³-hybridized carbons (Fsp3) is 0.105. The Bertz CT molecular complexity index is 910. The van der Waals surface area contributed by atoms with Gasteiger partial charge in [-0.25, -0.2) is 0 Å². The molecule has 0 spiro atoms. The Hall–Kier alpha value is -2.57. The van der Waals surface area contributed by atoms with Gasteiger partial charge in [0.25, 0.3) is 5.91 Å². The zero-order chi connectivity index (χ0) is 18.5. The second-order valence-electron chi connectivity index (χ2n) is 5.47. The minimum absolute atomic E-state index is 0.266. The number of rotatable bonds is 4. The van der Waals surface area contributed by atoms with Crippen LogP contribution in [-0.4, -0.2) is 17.0 Å². The molecule has 2 aromatic rings. The highest BCUT2D eigenvalue weighted by molar-refractivity contribution is 8.18. The van der Waals surface area contributed by atoms with Crippen molar-refractivity contribution in [2.45, 2.75) is 13.5 Å². The molecule has 2 amide bonds. The summed E-state index contributed by atoms with van der Waals surface area (Å²) in [6.45, 7) is 1.76. The number of benzene rings is 2. The van der Waals surface area contributed by atoms with Gasteiger partial charge in [0.2, 0.25) is 5.91 Å². The normalized spacial score (nSPS) is 15.1. The first-order valence-electron chi connectivity index (χ1n) is 7.78. The van der Waals surface area contributed by atoms with Crippen LogP contribution in [0.3, 0.4) is 0 Å². The Morgan fingerprint density at radius 3 is 2.77 bits per heavy atom. The maximum atomic E-state index is 12.0. The molecule has 1 aliphatic heterocycles. The molecular weight excluding hydrogens is 372 g/mol. The molecule has 0 aliphatic carbocycles. The summed E-state index contributed by atoms with van der Waals surface area (Å²) < 4.78 is 5.88. The summed E-state index contributed by atoms with van der Waals surface area (Å²) in [5, 5.41) is 3.31. The number of nitrogens with zero attached hydrogens (tertiary/aromatic N) is 1. The van der Waals surface area contributed by atoms with Crippen LogP contribution in [0, 0.1) is 0 Å². The molecule has 0 saturated heterocycles. The highest BCUT2D eigenvalue weighted by Gasteiger charge is 2.23. The molecule has 0 saturated carbocycles. The van der Waals surface area contributed by atoms with Gasteiger partial charge in [0.1, 0.15) is 12.4 Å². The molecule has 0 radical (unpaired) electrons. The van der Waals surface area contributed by atoms with E-state index in [4.69, 9.17) is 16.3 Å². The molecule has 0 unspecified atom stereocenters. The number of thioether (sulfide) groups is 1. The van der Waals surface area contributed by atoms with E-state index in [1.165, 1.54) is 6.92 Å². The van der Waals surface area contributed by atoms with Crippen molar-refractivity contribution in [1.82, 2.24) is 5.32 Å². The quantitative estimate of drug-likeness (QED) is 0.805. The highest BCUT2D eigenvalue weighted by Crippen LogP contribution is 2.32. The van der Waals surface area contributed by atoms with Crippen molar-refractivity contribution >= 4 is 46.4 Å². The lowest BCUT2D eigenvalue weighted by Crippen LogP contribution is -2.23. The molecular formula is C19H15ClN2O3S. The molecule has 0 bridgehead atoms. The van der Waals surface area contributed by atoms with E-state index in [0.717, 1.165) is 17.3 Å². The average molecular weight is 387 g/mol. The van der Waals surface area contributed by atoms with Crippen molar-refractivity contribution in [2.24, 2.45) is 4.99 Å². The third-order valence-corrected chi connectivity index (χ3v) is 4.53. The van der Waals surface area contributed by atoms with Crippen LogP contribution in [0.1, 0.15) is 18.1 Å². The predicted octanol–water partition coefficient (Wildman–Crippen LogP) is 4.03. The maximum Gasteiger partial charge on any atom is 0.286 e. The zero-order valence-corrected chi connectivity index (χ0v) is 15.4. The molecule has 26 heavy (non-hydrogen) atoms. The SMILES string of the molecule is CC(=O)NC1=NC(=O)/C(=C\c2cc(Cl)ccc2OCc2ccccc2)S1. The summed E-state index contributed by atoms with van der Waals surface area (Å²) in [4.78, 5) is 27.4. The van der Waals surface area contributed by atoms with E-state index < -0.39 is 5.91 Å². The van der Waals surface area contributed by atoms with E-state index in [-0.39, 0.29) is 11.1 Å². The number of amidine groups is 1. The maximum absolute atomic E-state index is 12.0. The summed E-state index contributed by atoms with van der Waals surface area (Å²) in [5.41, 5.74) is 1.70. The van der Waals surface area contributed by atoms with E-state index >= 15 is 0 Å². The molecule has 2 aromatic carbocycles. The van der Waals surface area contributed by atoms with E-state index in [0.29, 0.717) is 27.8 Å². The van der Waals surface area contributed by atoms with Gasteiger partial charge in [-0.15, -0.1) is 0 Å². The van der Waals surface area contributed by atoms with Gasteiger partial charge >= 0.3 is 0 Å². The second kappa shape index (κ2) is 8.21. The summed E-state index contributed by atoms with van der Waals surface area (Å²) in [5.74, 6) is -0.0835. The second-order valence-corrected chi connectivity index (χ2v) is 6.94. The summed E-state index contributed by atoms with van der Waals surface area (Å²) in [7, 11) is 0. The van der Waals surface area contributed by atoms with Gasteiger partial charge in [-0.1, -0.05) is 41.9 Å². The fourth-order valence-electron chi connectivity index (χ4n) is 2.25. The minimum atomic E-state index is -0.410. The molecule has 132 valence electrons. The van der Waals surface area contributed by atoms with Crippen LogP contribution in [0.4, 0.5) is 0 Å². The first-order valence-corrected chi connectivity index (χ1v) is 8.97. The Kier molecular flexibility index (Phi) is 5.75. The number of hydrogen-bond donors (Lipinski definition) is 1. The molecule has 0 fully saturated rings. The van der Waals surface area contributed by atoms with Gasteiger partial charge in [-0.3, -0.25) is 9.59 Å². The fourth-order valence-corrected chi connectivity index (χ4v) is 3.28. The van der Waals surface area contributed by atoms with Crippen LogP contribution in [0.15, 0.2) is 58.4 Å². The van der Waals surface area contributed by atoms with Crippen LogP contribution in [0.2, 0.25) is 5.02 Å². The monoisotopic (exact) mass is 386 g/mol. The number of amides is 2. The van der Waals surface area contributed by atoms with Gasteiger partial charge in [0.05, 0.1) is 4.91 Å². The number of halogens is 1. The van der Waals surface area contributed by atoms with E-state index in [2.05, 4.69) is 10.3 Å². The lowest BCUT2D eigenvalue weighted by Gasteiger charge is -2.10. The van der Waals surface area contributed by atoms with Crippen molar-refractivity contribution in [3.05, 3.63) is 69.6 Å². The number of carbonyl (C=O) groups is 2. The summed E-state index contributed by atoms with van der Waals surface area (Å²) in [6, 6.07) is 15.0. The van der Waals surface area contributed by atoms with Crippen LogP contribution in [0.5, 0.6) is 5.75 Å². The van der Waals surface area contributed by atoms with Crippen LogP contribution < -0.4 is 10.1 Å². The zero-order valence-electron chi connectivity index (χ0n) is 13.9. The summed E-state index contributed by atoms with van der Waals surface area (Å²) in [6.07, 6.45) is 1.66. The number of carbonyl (C=O) groups excluding carboxylic acids is 2. The topological polar surface area (TPSA) is 67.8 Å². The molecule has 3 rings (SSSR count). The van der Waals surface area contributed by atoms with Crippen LogP contribution in [-0.2, 0) is 16.2 Å². The Labute approximate surface area is 160 Å². The number of ether oxygens (including phenoxy) is 1. The third kappa shape index (κ3) is 4.74. The van der Waals surface area contributed by atoms with Gasteiger partial charge in [-0.05, 0) is 41.6 Å². The number of hydrogen-bond acceptors (Lipinski definition) is 4. The molecule has 1 heterocycles. The molecule has 7 heteroatoms. The van der Waals surface area contributed by atoms with Crippen molar-refractivity contribution in [1.29, 1.82) is 0 Å². The van der Waals surface area contributed by atoms with E-state index in [1.807, 2.05) is 30.3 Å². The van der Waals surface area contributed by atoms with Gasteiger partial charge < -0.3 is 10.1 Å². The summed E-state index contributed by atoms with van der Waals surface area (Å²) >= 11 is 7.19. The van der Waals surface area contributed by atoms with Crippen molar-refractivity contribution in [2.75, 3.05) is 0 Å². The Balaban J connectivity index is 1.80. The van der Waals surface area contributed by atoms with E-state index in [9.17, 15) is 9.59 Å². The first-order chi connectivity index (χ1) is 12.5. The molecule has 0 atom stereocenters. The average Bonchev–Trinajstić information content (AvgIpc) is 2.93. The Morgan fingerprint density at radius 2 is 2.04 bits per heavy atom. The van der Waals surface area contributed by atoms with Gasteiger partial charge in [0.15, 0.2) is 5.17 Å². The predicted molar refractivity (Wildman–Crippen MR) is 104 cm³/mol. The smallest absolute Gasteiger partial charge is 0.286 e. The number of nitrogens with one attached hydrogen (secondary N) is 1. The van der Waals surface area contributed by atoms with Crippen molar-refractivity contribution in [3.8, 4) is 5.75 Å². The molecule has 1 N–H and O–H groups in total. The number of aliphatic imine (C=N–C) groups is 1. The third-order valence-electron chi connectivity index (χ3n) is 3.40. The standard InChI is InChI=1S/C19H15ClN2O3S/c1-12(23)21-19-22-18(24)17(26-19)10-14-9-15(20)7-8-16(14)25-11-13-5-3-2-4-6-13/h2-10H,11H2,1H3,(H,21,22,23,24)/b17-10+. The molecule has 1 aliphatic rings. The highest BCUT2D eigenvalue weighted by atomic mass is 35.5. The van der Waals surface area contributed by atoms with Gasteiger partial charge in [-0.2, -0.15) is 4.99 Å². The lowest BCUT2D eigenvalue weighted by molar-refractivity contribution is -0.117.